The lowest BCUT2D eigenvalue weighted by Gasteiger charge is -2.01. The van der Waals surface area contributed by atoms with Gasteiger partial charge in [-0.05, 0) is 6.42 Å². The van der Waals surface area contributed by atoms with Crippen LogP contribution < -0.4 is 17.0 Å². The molecule has 0 aromatic carbocycles. The van der Waals surface area contributed by atoms with Crippen molar-refractivity contribution in [3.05, 3.63) is 26.9 Å². The van der Waals surface area contributed by atoms with Gasteiger partial charge in [-0.1, -0.05) is 0 Å². The number of hydrogen-bond acceptors (Lipinski definition) is 3. The van der Waals surface area contributed by atoms with E-state index in [1.807, 2.05) is 0 Å². The number of alkyl halides is 1. The van der Waals surface area contributed by atoms with Gasteiger partial charge in [-0.2, -0.15) is 0 Å². The Labute approximate surface area is 73.0 Å². The molecule has 0 spiro atoms. The van der Waals surface area contributed by atoms with Gasteiger partial charge < -0.3 is 5.73 Å². The average molecular weight is 187 g/mol. The van der Waals surface area contributed by atoms with Crippen molar-refractivity contribution in [1.82, 2.24) is 9.55 Å². The van der Waals surface area contributed by atoms with Crippen LogP contribution in [0.25, 0.3) is 0 Å². The summed E-state index contributed by atoms with van der Waals surface area (Å²) in [7, 11) is 0. The highest BCUT2D eigenvalue weighted by molar-refractivity contribution is 5.23. The van der Waals surface area contributed by atoms with Crippen LogP contribution in [0.3, 0.4) is 0 Å². The number of nitrogens with zero attached hydrogens (tertiary/aromatic N) is 1. The standard InChI is InChI=1S/C7H10FN3O2/c8-2-1-3-11-6(12)4-5(9)10-7(11)13/h4H,1-3,9H2,(H,10,13). The van der Waals surface area contributed by atoms with Crippen molar-refractivity contribution in [1.29, 1.82) is 0 Å². The van der Waals surface area contributed by atoms with Crippen LogP contribution in [-0.4, -0.2) is 16.2 Å². The SMILES string of the molecule is Nc1cc(=O)n(CCCF)c(=O)[nH]1. The lowest BCUT2D eigenvalue weighted by Crippen LogP contribution is -2.35. The van der Waals surface area contributed by atoms with Crippen molar-refractivity contribution in [3.8, 4) is 0 Å². The van der Waals surface area contributed by atoms with Crippen LogP contribution in [-0.2, 0) is 6.54 Å². The minimum Gasteiger partial charge on any atom is -0.385 e. The molecule has 3 N–H and O–H groups in total. The van der Waals surface area contributed by atoms with E-state index in [4.69, 9.17) is 5.73 Å². The van der Waals surface area contributed by atoms with Crippen LogP contribution >= 0.6 is 0 Å². The summed E-state index contributed by atoms with van der Waals surface area (Å²) in [4.78, 5) is 24.4. The molecular weight excluding hydrogens is 177 g/mol. The first-order valence-electron chi connectivity index (χ1n) is 3.80. The first kappa shape index (κ1) is 9.50. The third kappa shape index (κ3) is 2.17. The molecule has 0 aliphatic rings. The van der Waals surface area contributed by atoms with E-state index in [2.05, 4.69) is 4.98 Å². The Kier molecular flexibility index (Phi) is 2.84. The molecule has 1 rings (SSSR count). The van der Waals surface area contributed by atoms with Gasteiger partial charge >= 0.3 is 5.69 Å². The van der Waals surface area contributed by atoms with Gasteiger partial charge in [0, 0.05) is 12.6 Å². The number of anilines is 1. The summed E-state index contributed by atoms with van der Waals surface area (Å²) in [6.07, 6.45) is 0.146. The number of hydrogen-bond donors (Lipinski definition) is 2. The lowest BCUT2D eigenvalue weighted by molar-refractivity contribution is 0.438. The third-order valence-corrected chi connectivity index (χ3v) is 1.56. The molecule has 72 valence electrons. The molecule has 0 fully saturated rings. The van der Waals surface area contributed by atoms with E-state index in [1.165, 1.54) is 0 Å². The Morgan fingerprint density at radius 1 is 1.54 bits per heavy atom. The zero-order chi connectivity index (χ0) is 9.84. The Hall–Kier alpha value is -1.59. The van der Waals surface area contributed by atoms with Gasteiger partial charge in [0.25, 0.3) is 5.56 Å². The molecule has 0 radical (unpaired) electrons. The Morgan fingerprint density at radius 2 is 2.23 bits per heavy atom. The second kappa shape index (κ2) is 3.88. The average Bonchev–Trinajstić information content (AvgIpc) is 2.02. The van der Waals surface area contributed by atoms with Crippen molar-refractivity contribution < 1.29 is 4.39 Å². The molecule has 13 heavy (non-hydrogen) atoms. The van der Waals surface area contributed by atoms with E-state index in [0.29, 0.717) is 0 Å². The quantitative estimate of drug-likeness (QED) is 0.668. The molecule has 0 saturated carbocycles. The van der Waals surface area contributed by atoms with E-state index in [0.717, 1.165) is 10.6 Å². The summed E-state index contributed by atoms with van der Waals surface area (Å²) in [6.45, 7) is -0.485. The molecule has 0 unspecified atom stereocenters. The van der Waals surface area contributed by atoms with E-state index in [1.54, 1.807) is 0 Å². The summed E-state index contributed by atoms with van der Waals surface area (Å²) >= 11 is 0. The van der Waals surface area contributed by atoms with Crippen molar-refractivity contribution in [2.24, 2.45) is 0 Å². The fourth-order valence-electron chi connectivity index (χ4n) is 0.968. The van der Waals surface area contributed by atoms with E-state index in [9.17, 15) is 14.0 Å². The minimum atomic E-state index is -0.599. The van der Waals surface area contributed by atoms with Gasteiger partial charge in [-0.25, -0.2) is 4.79 Å². The predicted octanol–water partition coefficient (Wildman–Crippen LogP) is -0.522. The van der Waals surface area contributed by atoms with Gasteiger partial charge in [0.2, 0.25) is 0 Å². The molecule has 0 atom stereocenters. The topological polar surface area (TPSA) is 80.9 Å². The second-order valence-corrected chi connectivity index (χ2v) is 2.56. The van der Waals surface area contributed by atoms with Crippen molar-refractivity contribution >= 4 is 5.82 Å². The molecule has 6 heteroatoms. The van der Waals surface area contributed by atoms with E-state index in [-0.39, 0.29) is 18.8 Å². The summed E-state index contributed by atoms with van der Waals surface area (Å²) in [5.41, 5.74) is 4.11. The highest BCUT2D eigenvalue weighted by Gasteiger charge is 2.01. The smallest absolute Gasteiger partial charge is 0.329 e. The highest BCUT2D eigenvalue weighted by atomic mass is 19.1. The molecule has 0 saturated heterocycles. The summed E-state index contributed by atoms with van der Waals surface area (Å²) < 4.78 is 12.7. The number of aromatic amines is 1. The summed E-state index contributed by atoms with van der Waals surface area (Å²) in [5.74, 6) is 0.0199. The molecule has 1 heterocycles. The van der Waals surface area contributed by atoms with Crippen LogP contribution in [0.4, 0.5) is 10.2 Å². The van der Waals surface area contributed by atoms with Gasteiger partial charge in [0.1, 0.15) is 5.82 Å². The Bertz CT molecular complexity index is 364. The van der Waals surface area contributed by atoms with E-state index < -0.39 is 17.9 Å². The number of aromatic nitrogens is 2. The molecule has 0 aliphatic carbocycles. The molecule has 5 nitrogen and oxygen atoms in total. The maximum absolute atomic E-state index is 11.8. The van der Waals surface area contributed by atoms with Crippen molar-refractivity contribution in [2.45, 2.75) is 13.0 Å². The molecule has 1 aromatic rings. The fourth-order valence-corrected chi connectivity index (χ4v) is 0.968. The normalized spacial score (nSPS) is 10.2. The molecule has 0 bridgehead atoms. The van der Waals surface area contributed by atoms with Crippen LogP contribution in [0, 0.1) is 0 Å². The lowest BCUT2D eigenvalue weighted by atomic mass is 10.4. The Balaban J connectivity index is 3.07. The zero-order valence-corrected chi connectivity index (χ0v) is 6.92. The van der Waals surface area contributed by atoms with Crippen molar-refractivity contribution in [2.75, 3.05) is 12.4 Å². The van der Waals surface area contributed by atoms with E-state index >= 15 is 0 Å². The number of nitrogens with two attached hydrogens (primary N) is 1. The van der Waals surface area contributed by atoms with Crippen LogP contribution in [0.1, 0.15) is 6.42 Å². The number of halogens is 1. The third-order valence-electron chi connectivity index (χ3n) is 1.56. The maximum atomic E-state index is 11.8. The van der Waals surface area contributed by atoms with Crippen LogP contribution in [0.2, 0.25) is 0 Å². The number of H-pyrrole nitrogens is 1. The largest absolute Gasteiger partial charge is 0.385 e. The number of nitrogens with one attached hydrogen (secondary N) is 1. The molecule has 0 aliphatic heterocycles. The first-order valence-corrected chi connectivity index (χ1v) is 3.80. The van der Waals surface area contributed by atoms with Crippen molar-refractivity contribution in [3.63, 3.8) is 0 Å². The fraction of sp³-hybridized carbons (Fsp3) is 0.429. The van der Waals surface area contributed by atoms with Crippen LogP contribution in [0.5, 0.6) is 0 Å². The van der Waals surface area contributed by atoms with Gasteiger partial charge in [-0.3, -0.25) is 18.7 Å². The second-order valence-electron chi connectivity index (χ2n) is 2.56. The zero-order valence-electron chi connectivity index (χ0n) is 6.92. The monoisotopic (exact) mass is 187 g/mol. The minimum absolute atomic E-state index is 0.0199. The number of nitrogen functional groups attached to an aromatic ring is 1. The maximum Gasteiger partial charge on any atom is 0.329 e. The molecule has 1 aromatic heterocycles. The van der Waals surface area contributed by atoms with Gasteiger partial charge in [0.05, 0.1) is 6.67 Å². The predicted molar refractivity (Wildman–Crippen MR) is 46.3 cm³/mol. The molecule has 0 amide bonds. The Morgan fingerprint density at radius 3 is 2.77 bits per heavy atom. The van der Waals surface area contributed by atoms with Gasteiger partial charge in [0.15, 0.2) is 0 Å². The highest BCUT2D eigenvalue weighted by Crippen LogP contribution is 1.86. The van der Waals surface area contributed by atoms with Gasteiger partial charge in [-0.15, -0.1) is 0 Å². The number of rotatable bonds is 3. The van der Waals surface area contributed by atoms with Crippen LogP contribution in [0.15, 0.2) is 15.7 Å². The molecular formula is C7H10FN3O2. The summed E-state index contributed by atoms with van der Waals surface area (Å²) in [5, 5.41) is 0. The summed E-state index contributed by atoms with van der Waals surface area (Å²) in [6, 6.07) is 1.10. The first-order chi connectivity index (χ1) is 6.15.